The summed E-state index contributed by atoms with van der Waals surface area (Å²) in [5, 5.41) is 3.87. The number of anilines is 1. The fourth-order valence-corrected chi connectivity index (χ4v) is 1.81. The summed E-state index contributed by atoms with van der Waals surface area (Å²) in [6, 6.07) is 1.80. The van der Waals surface area contributed by atoms with Crippen molar-refractivity contribution >= 4 is 17.4 Å². The van der Waals surface area contributed by atoms with Gasteiger partial charge in [-0.1, -0.05) is 32.4 Å². The smallest absolute Gasteiger partial charge is 0.135 e. The van der Waals surface area contributed by atoms with Crippen LogP contribution in [0.5, 0.6) is 0 Å². The van der Waals surface area contributed by atoms with Gasteiger partial charge in [0.25, 0.3) is 0 Å². The van der Waals surface area contributed by atoms with Crippen molar-refractivity contribution in [1.82, 2.24) is 9.97 Å². The van der Waals surface area contributed by atoms with E-state index in [0.717, 1.165) is 24.6 Å². The van der Waals surface area contributed by atoms with Crippen molar-refractivity contribution in [3.05, 3.63) is 17.0 Å². The van der Waals surface area contributed by atoms with E-state index >= 15 is 0 Å². The van der Waals surface area contributed by atoms with E-state index in [-0.39, 0.29) is 0 Å². The van der Waals surface area contributed by atoms with Gasteiger partial charge in [-0.15, -0.1) is 0 Å². The molecule has 0 aliphatic heterocycles. The van der Waals surface area contributed by atoms with Crippen LogP contribution < -0.4 is 5.32 Å². The third kappa shape index (κ3) is 4.15. The summed E-state index contributed by atoms with van der Waals surface area (Å²) in [6.45, 7) is 7.62. The monoisotopic (exact) mass is 253 g/mol. The zero-order valence-corrected chi connectivity index (χ0v) is 11.5. The molecule has 94 valence electrons. The lowest BCUT2D eigenvalue weighted by molar-refractivity contribution is 0.389. The molecule has 2 rings (SSSR count). The molecule has 1 heterocycles. The van der Waals surface area contributed by atoms with Gasteiger partial charge in [-0.25, -0.2) is 9.97 Å². The summed E-state index contributed by atoms with van der Waals surface area (Å²) in [6.07, 6.45) is 3.50. The SMILES string of the molecule is CC(C)(C)CCNc1cc(Cl)nc(C2CC2)n1. The first-order valence-electron chi connectivity index (χ1n) is 6.22. The third-order valence-electron chi connectivity index (χ3n) is 2.84. The molecule has 0 unspecified atom stereocenters. The standard InChI is InChI=1S/C13H20ClN3/c1-13(2,3)6-7-15-11-8-10(14)16-12(17-11)9-4-5-9/h8-9H,4-7H2,1-3H3,(H,15,16,17). The predicted octanol–water partition coefficient (Wildman–Crippen LogP) is 3.86. The van der Waals surface area contributed by atoms with Gasteiger partial charge < -0.3 is 5.32 Å². The number of hydrogen-bond acceptors (Lipinski definition) is 3. The number of nitrogens with zero attached hydrogens (tertiary/aromatic N) is 2. The Morgan fingerprint density at radius 3 is 2.65 bits per heavy atom. The molecular weight excluding hydrogens is 234 g/mol. The second-order valence-corrected chi connectivity index (χ2v) is 6.33. The van der Waals surface area contributed by atoms with Gasteiger partial charge in [-0.05, 0) is 24.7 Å². The summed E-state index contributed by atoms with van der Waals surface area (Å²) in [4.78, 5) is 8.78. The Labute approximate surface area is 108 Å². The van der Waals surface area contributed by atoms with Gasteiger partial charge in [-0.3, -0.25) is 0 Å². The number of hydrogen-bond donors (Lipinski definition) is 1. The normalized spacial score (nSPS) is 16.0. The molecule has 1 saturated carbocycles. The van der Waals surface area contributed by atoms with Crippen LogP contribution in [0.1, 0.15) is 51.8 Å². The Morgan fingerprint density at radius 2 is 2.06 bits per heavy atom. The van der Waals surface area contributed by atoms with Crippen LogP contribution in [-0.4, -0.2) is 16.5 Å². The van der Waals surface area contributed by atoms with Gasteiger partial charge >= 0.3 is 0 Å². The van der Waals surface area contributed by atoms with Crippen LogP contribution in [0.25, 0.3) is 0 Å². The van der Waals surface area contributed by atoms with Crippen molar-refractivity contribution < 1.29 is 0 Å². The van der Waals surface area contributed by atoms with Crippen molar-refractivity contribution in [2.75, 3.05) is 11.9 Å². The Balaban J connectivity index is 1.95. The van der Waals surface area contributed by atoms with E-state index in [0.29, 0.717) is 16.5 Å². The molecule has 0 radical (unpaired) electrons. The Morgan fingerprint density at radius 1 is 1.35 bits per heavy atom. The molecule has 0 spiro atoms. The second-order valence-electron chi connectivity index (χ2n) is 5.95. The fourth-order valence-electron chi connectivity index (χ4n) is 1.62. The maximum Gasteiger partial charge on any atom is 0.135 e. The highest BCUT2D eigenvalue weighted by molar-refractivity contribution is 6.29. The highest BCUT2D eigenvalue weighted by atomic mass is 35.5. The zero-order valence-electron chi connectivity index (χ0n) is 10.8. The molecule has 0 bridgehead atoms. The average Bonchev–Trinajstić information content (AvgIpc) is 2.97. The van der Waals surface area contributed by atoms with Crippen LogP contribution in [0.3, 0.4) is 0 Å². The van der Waals surface area contributed by atoms with Crippen molar-refractivity contribution in [2.24, 2.45) is 5.41 Å². The molecule has 3 nitrogen and oxygen atoms in total. The fraction of sp³-hybridized carbons (Fsp3) is 0.692. The van der Waals surface area contributed by atoms with Gasteiger partial charge in [0.15, 0.2) is 0 Å². The van der Waals surface area contributed by atoms with Gasteiger partial charge in [0.05, 0.1) is 0 Å². The molecule has 4 heteroatoms. The minimum Gasteiger partial charge on any atom is -0.370 e. The van der Waals surface area contributed by atoms with Crippen molar-refractivity contribution in [3.8, 4) is 0 Å². The molecule has 1 aliphatic carbocycles. The van der Waals surface area contributed by atoms with Gasteiger partial charge in [0, 0.05) is 18.5 Å². The summed E-state index contributed by atoms with van der Waals surface area (Å²) >= 11 is 6.00. The first-order chi connectivity index (χ1) is 7.94. The molecule has 1 aromatic heterocycles. The zero-order chi connectivity index (χ0) is 12.5. The molecular formula is C13H20ClN3. The molecule has 0 aromatic carbocycles. The summed E-state index contributed by atoms with van der Waals surface area (Å²) in [5.74, 6) is 2.30. The summed E-state index contributed by atoms with van der Waals surface area (Å²) < 4.78 is 0. The van der Waals surface area contributed by atoms with E-state index in [4.69, 9.17) is 11.6 Å². The van der Waals surface area contributed by atoms with E-state index in [2.05, 4.69) is 36.1 Å². The minimum atomic E-state index is 0.336. The van der Waals surface area contributed by atoms with E-state index in [9.17, 15) is 0 Å². The van der Waals surface area contributed by atoms with Crippen LogP contribution in [0.2, 0.25) is 5.15 Å². The minimum absolute atomic E-state index is 0.336. The molecule has 0 saturated heterocycles. The quantitative estimate of drug-likeness (QED) is 0.828. The van der Waals surface area contributed by atoms with E-state index < -0.39 is 0 Å². The Hall–Kier alpha value is -0.830. The van der Waals surface area contributed by atoms with E-state index in [1.54, 1.807) is 6.07 Å². The largest absolute Gasteiger partial charge is 0.370 e. The number of nitrogens with one attached hydrogen (secondary N) is 1. The topological polar surface area (TPSA) is 37.8 Å². The lowest BCUT2D eigenvalue weighted by Gasteiger charge is -2.18. The number of rotatable bonds is 4. The number of halogens is 1. The Kier molecular flexibility index (Phi) is 3.57. The third-order valence-corrected chi connectivity index (χ3v) is 3.03. The predicted molar refractivity (Wildman–Crippen MR) is 71.6 cm³/mol. The van der Waals surface area contributed by atoms with E-state index in [1.807, 2.05) is 0 Å². The maximum absolute atomic E-state index is 6.00. The Bertz CT molecular complexity index is 394. The van der Waals surface area contributed by atoms with Crippen LogP contribution in [0.15, 0.2) is 6.07 Å². The van der Waals surface area contributed by atoms with Crippen LogP contribution >= 0.6 is 11.6 Å². The van der Waals surface area contributed by atoms with Crippen LogP contribution in [0, 0.1) is 5.41 Å². The first kappa shape index (κ1) is 12.6. The number of aromatic nitrogens is 2. The molecule has 1 fully saturated rings. The molecule has 1 N–H and O–H groups in total. The van der Waals surface area contributed by atoms with Crippen molar-refractivity contribution in [2.45, 2.75) is 46.0 Å². The van der Waals surface area contributed by atoms with Gasteiger partial charge in [0.1, 0.15) is 16.8 Å². The van der Waals surface area contributed by atoms with Gasteiger partial charge in [-0.2, -0.15) is 0 Å². The molecule has 0 amide bonds. The van der Waals surface area contributed by atoms with Crippen LogP contribution in [0.4, 0.5) is 5.82 Å². The highest BCUT2D eigenvalue weighted by Crippen LogP contribution is 2.38. The molecule has 1 aliphatic rings. The molecule has 1 aromatic rings. The lowest BCUT2D eigenvalue weighted by atomic mass is 9.92. The lowest BCUT2D eigenvalue weighted by Crippen LogP contribution is -2.14. The van der Waals surface area contributed by atoms with E-state index in [1.165, 1.54) is 12.8 Å². The molecule has 17 heavy (non-hydrogen) atoms. The second kappa shape index (κ2) is 4.81. The summed E-state index contributed by atoms with van der Waals surface area (Å²) in [7, 11) is 0. The van der Waals surface area contributed by atoms with Gasteiger partial charge in [0.2, 0.25) is 0 Å². The first-order valence-corrected chi connectivity index (χ1v) is 6.60. The summed E-state index contributed by atoms with van der Waals surface area (Å²) in [5.41, 5.74) is 0.336. The highest BCUT2D eigenvalue weighted by Gasteiger charge is 2.27. The average molecular weight is 254 g/mol. The van der Waals surface area contributed by atoms with Crippen LogP contribution in [-0.2, 0) is 0 Å². The molecule has 0 atom stereocenters. The maximum atomic E-state index is 6.00. The van der Waals surface area contributed by atoms with Crippen molar-refractivity contribution in [1.29, 1.82) is 0 Å². The van der Waals surface area contributed by atoms with Crippen molar-refractivity contribution in [3.63, 3.8) is 0 Å².